The molecule has 0 unspecified atom stereocenters. The lowest BCUT2D eigenvalue weighted by Gasteiger charge is -2.21. The molecule has 0 aromatic heterocycles. The van der Waals surface area contributed by atoms with Gasteiger partial charge in [0.1, 0.15) is 6.04 Å². The first kappa shape index (κ1) is 16.4. The van der Waals surface area contributed by atoms with Gasteiger partial charge in [-0.2, -0.15) is 0 Å². The zero-order valence-electron chi connectivity index (χ0n) is 12.4. The van der Waals surface area contributed by atoms with Crippen molar-refractivity contribution in [1.29, 1.82) is 0 Å². The van der Waals surface area contributed by atoms with Crippen LogP contribution in [0.3, 0.4) is 0 Å². The number of hydrogen-bond donors (Lipinski definition) is 1. The van der Waals surface area contributed by atoms with Crippen molar-refractivity contribution in [3.8, 4) is 0 Å². The van der Waals surface area contributed by atoms with E-state index in [2.05, 4.69) is 0 Å². The molecule has 0 radical (unpaired) electrons. The number of amides is 1. The van der Waals surface area contributed by atoms with E-state index in [9.17, 15) is 18.0 Å². The average molecular weight is 326 g/mol. The quantitative estimate of drug-likeness (QED) is 0.875. The average Bonchev–Trinajstić information content (AvgIpc) is 2.96. The summed E-state index contributed by atoms with van der Waals surface area (Å²) in [5, 5.41) is 9.11. The Morgan fingerprint density at radius 1 is 1.23 bits per heavy atom. The first-order valence-electron chi connectivity index (χ1n) is 6.81. The topological polar surface area (TPSA) is 95.0 Å². The second-order valence-electron chi connectivity index (χ2n) is 5.31. The molecule has 2 rings (SSSR count). The van der Waals surface area contributed by atoms with Crippen LogP contribution in [-0.2, 0) is 14.8 Å². The number of carboxylic acid groups (broad SMARTS) is 1. The second-order valence-corrected chi connectivity index (χ2v) is 7.46. The molecule has 1 aliphatic rings. The third-order valence-corrected chi connectivity index (χ3v) is 5.51. The maximum absolute atomic E-state index is 12.4. The summed E-state index contributed by atoms with van der Waals surface area (Å²) in [5.74, 6) is -1.41. The summed E-state index contributed by atoms with van der Waals surface area (Å²) in [6.45, 7) is 0.396. The third kappa shape index (κ3) is 2.97. The van der Waals surface area contributed by atoms with Gasteiger partial charge in [0.2, 0.25) is 10.0 Å². The SMILES string of the molecule is CN(C)S(=O)(=O)c1ccc(C(=O)N2CCC[C@H]2C(=O)O)cc1. The lowest BCUT2D eigenvalue weighted by molar-refractivity contribution is -0.141. The second kappa shape index (κ2) is 6.05. The fraction of sp³-hybridized carbons (Fsp3) is 0.429. The summed E-state index contributed by atoms with van der Waals surface area (Å²) in [7, 11) is -0.695. The van der Waals surface area contributed by atoms with E-state index in [4.69, 9.17) is 5.11 Å². The van der Waals surface area contributed by atoms with Crippen LogP contribution in [-0.4, -0.2) is 61.3 Å². The number of likely N-dealkylation sites (tertiary alicyclic amines) is 1. The molecule has 22 heavy (non-hydrogen) atoms. The molecule has 1 aliphatic heterocycles. The van der Waals surface area contributed by atoms with Crippen LogP contribution in [0.1, 0.15) is 23.2 Å². The number of hydrogen-bond acceptors (Lipinski definition) is 4. The highest BCUT2D eigenvalue weighted by Crippen LogP contribution is 2.21. The van der Waals surface area contributed by atoms with Crippen LogP contribution in [0.25, 0.3) is 0 Å². The number of carbonyl (C=O) groups is 2. The van der Waals surface area contributed by atoms with Gasteiger partial charge in [0.25, 0.3) is 5.91 Å². The molecule has 8 heteroatoms. The maximum Gasteiger partial charge on any atom is 0.326 e. The van der Waals surface area contributed by atoms with Crippen molar-refractivity contribution < 1.29 is 23.1 Å². The number of benzene rings is 1. The van der Waals surface area contributed by atoms with E-state index in [0.29, 0.717) is 19.4 Å². The van der Waals surface area contributed by atoms with Crippen molar-refractivity contribution in [3.05, 3.63) is 29.8 Å². The molecule has 0 spiro atoms. The number of carboxylic acids is 1. The highest BCUT2D eigenvalue weighted by molar-refractivity contribution is 7.89. The fourth-order valence-electron chi connectivity index (χ4n) is 2.41. The monoisotopic (exact) mass is 326 g/mol. The van der Waals surface area contributed by atoms with Crippen LogP contribution >= 0.6 is 0 Å². The van der Waals surface area contributed by atoms with E-state index < -0.39 is 27.9 Å². The zero-order valence-corrected chi connectivity index (χ0v) is 13.2. The molecule has 1 N–H and O–H groups in total. The Morgan fingerprint density at radius 3 is 2.32 bits per heavy atom. The highest BCUT2D eigenvalue weighted by atomic mass is 32.2. The van der Waals surface area contributed by atoms with E-state index in [1.165, 1.54) is 43.3 Å². The van der Waals surface area contributed by atoms with Crippen molar-refractivity contribution in [2.45, 2.75) is 23.8 Å². The largest absolute Gasteiger partial charge is 0.480 e. The number of carbonyl (C=O) groups excluding carboxylic acids is 1. The van der Waals surface area contributed by atoms with E-state index in [-0.39, 0.29) is 10.5 Å². The van der Waals surface area contributed by atoms with Gasteiger partial charge in [0.05, 0.1) is 4.90 Å². The molecule has 0 saturated carbocycles. The van der Waals surface area contributed by atoms with Crippen LogP contribution in [0, 0.1) is 0 Å². The number of aliphatic carboxylic acids is 1. The van der Waals surface area contributed by atoms with Gasteiger partial charge in [-0.15, -0.1) is 0 Å². The molecule has 1 atom stereocenters. The summed E-state index contributed by atoms with van der Waals surface area (Å²) in [4.78, 5) is 24.9. The number of sulfonamides is 1. The van der Waals surface area contributed by atoms with Gasteiger partial charge in [0, 0.05) is 26.2 Å². The van der Waals surface area contributed by atoms with Crippen molar-refractivity contribution in [1.82, 2.24) is 9.21 Å². The predicted octanol–water partition coefficient (Wildman–Crippen LogP) is 0.626. The van der Waals surface area contributed by atoms with Gasteiger partial charge in [-0.25, -0.2) is 17.5 Å². The molecule has 1 aromatic carbocycles. The van der Waals surface area contributed by atoms with Gasteiger partial charge in [-0.1, -0.05) is 0 Å². The minimum atomic E-state index is -3.55. The molecule has 1 heterocycles. The molecule has 1 amide bonds. The van der Waals surface area contributed by atoms with E-state index in [0.717, 1.165) is 4.31 Å². The molecule has 1 fully saturated rings. The minimum Gasteiger partial charge on any atom is -0.480 e. The molecule has 0 aliphatic carbocycles. The van der Waals surface area contributed by atoms with Crippen LogP contribution in [0.15, 0.2) is 29.2 Å². The van der Waals surface area contributed by atoms with Crippen molar-refractivity contribution in [2.75, 3.05) is 20.6 Å². The summed E-state index contributed by atoms with van der Waals surface area (Å²) in [5.41, 5.74) is 0.283. The summed E-state index contributed by atoms with van der Waals surface area (Å²) < 4.78 is 25.0. The fourth-order valence-corrected chi connectivity index (χ4v) is 3.31. The summed E-state index contributed by atoms with van der Waals surface area (Å²) in [6, 6.07) is 4.73. The van der Waals surface area contributed by atoms with Crippen molar-refractivity contribution in [3.63, 3.8) is 0 Å². The molecular weight excluding hydrogens is 308 g/mol. The number of rotatable bonds is 4. The Morgan fingerprint density at radius 2 is 1.82 bits per heavy atom. The van der Waals surface area contributed by atoms with Crippen LogP contribution in [0.2, 0.25) is 0 Å². The van der Waals surface area contributed by atoms with Gasteiger partial charge >= 0.3 is 5.97 Å². The summed E-state index contributed by atoms with van der Waals surface area (Å²) >= 11 is 0. The Kier molecular flexibility index (Phi) is 4.52. The Hall–Kier alpha value is -1.93. The third-order valence-electron chi connectivity index (χ3n) is 3.68. The van der Waals surface area contributed by atoms with Gasteiger partial charge in [-0.3, -0.25) is 4.79 Å². The van der Waals surface area contributed by atoms with Gasteiger partial charge in [0.15, 0.2) is 0 Å². The first-order valence-corrected chi connectivity index (χ1v) is 8.25. The van der Waals surface area contributed by atoms with Crippen LogP contribution in [0.5, 0.6) is 0 Å². The lowest BCUT2D eigenvalue weighted by Crippen LogP contribution is -2.40. The Labute approximate surface area is 129 Å². The van der Waals surface area contributed by atoms with E-state index in [1.54, 1.807) is 0 Å². The normalized spacial score (nSPS) is 18.7. The van der Waals surface area contributed by atoms with Gasteiger partial charge < -0.3 is 10.0 Å². The van der Waals surface area contributed by atoms with Crippen LogP contribution < -0.4 is 0 Å². The van der Waals surface area contributed by atoms with E-state index in [1.807, 2.05) is 0 Å². The number of nitrogens with zero attached hydrogens (tertiary/aromatic N) is 2. The van der Waals surface area contributed by atoms with Crippen molar-refractivity contribution in [2.24, 2.45) is 0 Å². The molecule has 1 aromatic rings. The van der Waals surface area contributed by atoms with Gasteiger partial charge in [-0.05, 0) is 37.1 Å². The molecule has 0 bridgehead atoms. The Bertz CT molecular complexity index is 682. The Balaban J connectivity index is 2.24. The van der Waals surface area contributed by atoms with E-state index >= 15 is 0 Å². The summed E-state index contributed by atoms with van der Waals surface area (Å²) in [6.07, 6.45) is 1.09. The standard InChI is InChI=1S/C14H18N2O5S/c1-15(2)22(20,21)11-7-5-10(6-8-11)13(17)16-9-3-4-12(16)14(18)19/h5-8,12H,3-4,9H2,1-2H3,(H,18,19)/t12-/m0/s1. The zero-order chi connectivity index (χ0) is 16.5. The maximum atomic E-state index is 12.4. The lowest BCUT2D eigenvalue weighted by atomic mass is 10.1. The predicted molar refractivity (Wildman–Crippen MR) is 79.0 cm³/mol. The molecule has 7 nitrogen and oxygen atoms in total. The van der Waals surface area contributed by atoms with Crippen molar-refractivity contribution >= 4 is 21.9 Å². The highest BCUT2D eigenvalue weighted by Gasteiger charge is 2.34. The first-order chi connectivity index (χ1) is 10.2. The molecule has 120 valence electrons. The molecular formula is C14H18N2O5S. The molecule has 1 saturated heterocycles. The van der Waals surface area contributed by atoms with Crippen LogP contribution in [0.4, 0.5) is 0 Å². The smallest absolute Gasteiger partial charge is 0.326 e. The minimum absolute atomic E-state index is 0.0882.